The third-order valence-corrected chi connectivity index (χ3v) is 3.71. The molecule has 2 aromatic rings. The van der Waals surface area contributed by atoms with Crippen molar-refractivity contribution < 1.29 is 4.39 Å². The van der Waals surface area contributed by atoms with Crippen molar-refractivity contribution in [3.63, 3.8) is 0 Å². The van der Waals surface area contributed by atoms with E-state index in [9.17, 15) is 4.39 Å². The minimum Gasteiger partial charge on any atom is -0.393 e. The molecule has 1 aromatic heterocycles. The van der Waals surface area contributed by atoms with Gasteiger partial charge >= 0.3 is 0 Å². The fourth-order valence-electron chi connectivity index (χ4n) is 2.70. The molecule has 5 nitrogen and oxygen atoms in total. The second-order valence-corrected chi connectivity index (χ2v) is 7.13. The van der Waals surface area contributed by atoms with Crippen LogP contribution in [0, 0.1) is 17.7 Å². The topological polar surface area (TPSA) is 67.1 Å². The number of nitrogens with one attached hydrogen (secondary N) is 1. The van der Waals surface area contributed by atoms with Crippen molar-refractivity contribution in [2.45, 2.75) is 34.2 Å². The molecule has 136 valence electrons. The molecule has 0 fully saturated rings. The Labute approximate surface area is 149 Å². The van der Waals surface area contributed by atoms with Gasteiger partial charge < -0.3 is 16.0 Å². The van der Waals surface area contributed by atoms with Crippen molar-refractivity contribution in [3.05, 3.63) is 42.0 Å². The molecule has 0 spiro atoms. The smallest absolute Gasteiger partial charge is 0.157 e. The third-order valence-electron chi connectivity index (χ3n) is 3.71. The van der Waals surface area contributed by atoms with Gasteiger partial charge in [0.15, 0.2) is 11.6 Å². The zero-order chi connectivity index (χ0) is 18.4. The van der Waals surface area contributed by atoms with Crippen LogP contribution in [0.3, 0.4) is 0 Å². The molecule has 2 rings (SSSR count). The summed E-state index contributed by atoms with van der Waals surface area (Å²) in [6.07, 6.45) is 1.53. The summed E-state index contributed by atoms with van der Waals surface area (Å²) in [5, 5.41) is 3.23. The summed E-state index contributed by atoms with van der Waals surface area (Å²) in [5.41, 5.74) is 7.84. The van der Waals surface area contributed by atoms with Crippen molar-refractivity contribution in [1.29, 1.82) is 0 Å². The normalized spacial score (nSPS) is 11.2. The fourth-order valence-corrected chi connectivity index (χ4v) is 2.70. The van der Waals surface area contributed by atoms with Crippen LogP contribution in [0.4, 0.5) is 21.7 Å². The first-order valence-corrected chi connectivity index (χ1v) is 8.70. The van der Waals surface area contributed by atoms with Gasteiger partial charge in [-0.05, 0) is 29.5 Å². The second kappa shape index (κ2) is 8.65. The van der Waals surface area contributed by atoms with E-state index < -0.39 is 0 Å². The number of aromatic nitrogens is 2. The van der Waals surface area contributed by atoms with Gasteiger partial charge in [0.2, 0.25) is 0 Å². The van der Waals surface area contributed by atoms with Crippen LogP contribution in [0.1, 0.15) is 33.3 Å². The highest BCUT2D eigenvalue weighted by Crippen LogP contribution is 2.27. The first-order chi connectivity index (χ1) is 11.9. The van der Waals surface area contributed by atoms with E-state index in [4.69, 9.17) is 5.73 Å². The SMILES string of the molecule is CC(C)CN(CC(C)C)c1ncnc(NCc2ccc(F)cc2)c1N. The number of halogens is 1. The lowest BCUT2D eigenvalue weighted by atomic mass is 10.1. The Hall–Kier alpha value is -2.37. The summed E-state index contributed by atoms with van der Waals surface area (Å²) in [4.78, 5) is 10.9. The average molecular weight is 345 g/mol. The van der Waals surface area contributed by atoms with Crippen LogP contribution < -0.4 is 16.0 Å². The number of benzene rings is 1. The Morgan fingerprint density at radius 3 is 2.20 bits per heavy atom. The second-order valence-electron chi connectivity index (χ2n) is 7.13. The first-order valence-electron chi connectivity index (χ1n) is 8.70. The van der Waals surface area contributed by atoms with E-state index in [0.29, 0.717) is 29.9 Å². The number of nitrogen functional groups attached to an aromatic ring is 1. The van der Waals surface area contributed by atoms with Crippen molar-refractivity contribution in [3.8, 4) is 0 Å². The molecule has 0 unspecified atom stereocenters. The number of hydrogen-bond donors (Lipinski definition) is 2. The molecule has 6 heteroatoms. The number of nitrogens with zero attached hydrogens (tertiary/aromatic N) is 3. The van der Waals surface area contributed by atoms with Gasteiger partial charge in [0.25, 0.3) is 0 Å². The molecule has 0 saturated carbocycles. The highest BCUT2D eigenvalue weighted by atomic mass is 19.1. The van der Waals surface area contributed by atoms with E-state index in [-0.39, 0.29) is 5.82 Å². The van der Waals surface area contributed by atoms with Gasteiger partial charge in [-0.1, -0.05) is 39.8 Å². The lowest BCUT2D eigenvalue weighted by Crippen LogP contribution is -2.33. The quantitative estimate of drug-likeness (QED) is 0.759. The van der Waals surface area contributed by atoms with Crippen LogP contribution in [0.25, 0.3) is 0 Å². The Kier molecular flexibility index (Phi) is 6.56. The average Bonchev–Trinajstić information content (AvgIpc) is 2.54. The summed E-state index contributed by atoms with van der Waals surface area (Å²) in [7, 11) is 0. The van der Waals surface area contributed by atoms with Crippen LogP contribution in [-0.2, 0) is 6.54 Å². The standard InChI is InChI=1S/C19H28FN5/c1-13(2)10-25(11-14(3)4)19-17(21)18(23-12-24-19)22-9-15-5-7-16(20)8-6-15/h5-8,12-14H,9-11,21H2,1-4H3,(H,22,23,24). The van der Waals surface area contributed by atoms with E-state index >= 15 is 0 Å². The fraction of sp³-hybridized carbons (Fsp3) is 0.474. The lowest BCUT2D eigenvalue weighted by Gasteiger charge is -2.28. The van der Waals surface area contributed by atoms with Crippen LogP contribution >= 0.6 is 0 Å². The first kappa shape index (κ1) is 19.0. The highest BCUT2D eigenvalue weighted by molar-refractivity contribution is 5.74. The third kappa shape index (κ3) is 5.59. The zero-order valence-electron chi connectivity index (χ0n) is 15.5. The Balaban J connectivity index is 2.17. The number of nitrogens with two attached hydrogens (primary N) is 1. The van der Waals surface area contributed by atoms with Gasteiger partial charge in [0.1, 0.15) is 17.8 Å². The summed E-state index contributed by atoms with van der Waals surface area (Å²) >= 11 is 0. The molecular formula is C19H28FN5. The highest BCUT2D eigenvalue weighted by Gasteiger charge is 2.17. The monoisotopic (exact) mass is 345 g/mol. The molecule has 0 aliphatic heterocycles. The van der Waals surface area contributed by atoms with Gasteiger partial charge in [-0.2, -0.15) is 0 Å². The maximum atomic E-state index is 13.0. The Bertz CT molecular complexity index is 660. The van der Waals surface area contributed by atoms with Crippen LogP contribution in [0.5, 0.6) is 0 Å². The van der Waals surface area contributed by atoms with Crippen molar-refractivity contribution in [1.82, 2.24) is 9.97 Å². The number of rotatable bonds is 8. The molecule has 3 N–H and O–H groups in total. The van der Waals surface area contributed by atoms with Gasteiger partial charge in [0, 0.05) is 19.6 Å². The maximum absolute atomic E-state index is 13.0. The summed E-state index contributed by atoms with van der Waals surface area (Å²) in [6, 6.07) is 6.37. The molecule has 0 bridgehead atoms. The van der Waals surface area contributed by atoms with Crippen molar-refractivity contribution >= 4 is 17.3 Å². The predicted molar refractivity (Wildman–Crippen MR) is 102 cm³/mol. The summed E-state index contributed by atoms with van der Waals surface area (Å²) < 4.78 is 13.0. The van der Waals surface area contributed by atoms with Gasteiger partial charge in [0.05, 0.1) is 0 Å². The van der Waals surface area contributed by atoms with E-state index in [0.717, 1.165) is 24.5 Å². The molecule has 1 heterocycles. The number of anilines is 3. The van der Waals surface area contributed by atoms with Crippen molar-refractivity contribution in [2.24, 2.45) is 11.8 Å². The van der Waals surface area contributed by atoms with Gasteiger partial charge in [-0.3, -0.25) is 0 Å². The van der Waals surface area contributed by atoms with E-state index in [1.807, 2.05) is 0 Å². The van der Waals surface area contributed by atoms with Crippen LogP contribution in [0.15, 0.2) is 30.6 Å². The lowest BCUT2D eigenvalue weighted by molar-refractivity contribution is 0.549. The van der Waals surface area contributed by atoms with Crippen LogP contribution in [0.2, 0.25) is 0 Å². The molecule has 0 aliphatic rings. The van der Waals surface area contributed by atoms with Gasteiger partial charge in [-0.15, -0.1) is 0 Å². The minimum atomic E-state index is -0.245. The minimum absolute atomic E-state index is 0.245. The Morgan fingerprint density at radius 2 is 1.64 bits per heavy atom. The molecule has 0 saturated heterocycles. The van der Waals surface area contributed by atoms with Crippen molar-refractivity contribution in [2.75, 3.05) is 29.0 Å². The van der Waals surface area contributed by atoms with E-state index in [1.54, 1.807) is 12.1 Å². The predicted octanol–water partition coefficient (Wildman–Crippen LogP) is 3.93. The molecule has 1 aromatic carbocycles. The summed E-state index contributed by atoms with van der Waals surface area (Å²) in [6.45, 7) is 11.0. The zero-order valence-corrected chi connectivity index (χ0v) is 15.5. The van der Waals surface area contributed by atoms with Gasteiger partial charge in [-0.25, -0.2) is 14.4 Å². The molecule has 0 atom stereocenters. The maximum Gasteiger partial charge on any atom is 0.157 e. The van der Waals surface area contributed by atoms with E-state index in [1.165, 1.54) is 18.5 Å². The molecule has 25 heavy (non-hydrogen) atoms. The number of hydrogen-bond acceptors (Lipinski definition) is 5. The molecule has 0 radical (unpaired) electrons. The largest absolute Gasteiger partial charge is 0.393 e. The molecule has 0 aliphatic carbocycles. The summed E-state index contributed by atoms with van der Waals surface area (Å²) in [5.74, 6) is 2.13. The van der Waals surface area contributed by atoms with Crippen LogP contribution in [-0.4, -0.2) is 23.1 Å². The molecular weight excluding hydrogens is 317 g/mol. The Morgan fingerprint density at radius 1 is 1.04 bits per heavy atom. The molecule has 0 amide bonds. The van der Waals surface area contributed by atoms with E-state index in [2.05, 4.69) is 47.9 Å².